The Hall–Kier alpha value is -0.830. The van der Waals surface area contributed by atoms with Gasteiger partial charge in [-0.15, -0.1) is 0 Å². The quantitative estimate of drug-likeness (QED) is 0.584. The van der Waals surface area contributed by atoms with Crippen LogP contribution in [0.15, 0.2) is 11.6 Å². The van der Waals surface area contributed by atoms with Gasteiger partial charge in [-0.3, -0.25) is 9.69 Å². The molecule has 0 aromatic carbocycles. The van der Waals surface area contributed by atoms with Gasteiger partial charge in [0.25, 0.3) is 0 Å². The molecule has 0 amide bonds. The second-order valence-electron chi connectivity index (χ2n) is 6.74. The Balaban J connectivity index is 1.75. The van der Waals surface area contributed by atoms with E-state index in [0.717, 1.165) is 19.5 Å². The van der Waals surface area contributed by atoms with E-state index >= 15 is 0 Å². The number of carbonyl (C=O) groups is 1. The highest BCUT2D eigenvalue weighted by Crippen LogP contribution is 2.33. The fourth-order valence-corrected chi connectivity index (χ4v) is 3.67. The maximum absolute atomic E-state index is 12.0. The van der Waals surface area contributed by atoms with E-state index in [4.69, 9.17) is 4.74 Å². The maximum Gasteiger partial charge on any atom is 0.320 e. The van der Waals surface area contributed by atoms with E-state index in [0.29, 0.717) is 30.9 Å². The molecular weight excluding hydrogens is 250 g/mol. The molecule has 1 aliphatic heterocycles. The van der Waals surface area contributed by atoms with Crippen molar-refractivity contribution >= 4 is 5.97 Å². The highest BCUT2D eigenvalue weighted by atomic mass is 16.5. The number of hydrogen-bond donors (Lipinski definition) is 0. The van der Waals surface area contributed by atoms with Crippen molar-refractivity contribution in [1.29, 1.82) is 0 Å². The van der Waals surface area contributed by atoms with Crippen molar-refractivity contribution in [3.05, 3.63) is 11.6 Å². The molecule has 20 heavy (non-hydrogen) atoms. The minimum atomic E-state index is -0.0439. The molecule has 0 radical (unpaired) electrons. The van der Waals surface area contributed by atoms with E-state index in [2.05, 4.69) is 31.7 Å². The molecule has 0 saturated carbocycles. The second kappa shape index (κ2) is 7.26. The molecule has 2 aliphatic rings. The molecule has 0 spiro atoms. The number of rotatable bonds is 4. The lowest BCUT2D eigenvalue weighted by Crippen LogP contribution is -2.36. The average Bonchev–Trinajstić information content (AvgIpc) is 2.38. The molecule has 2 rings (SSSR count). The lowest BCUT2D eigenvalue weighted by Gasteiger charge is -2.33. The summed E-state index contributed by atoms with van der Waals surface area (Å²) in [5, 5.41) is 0. The largest absolute Gasteiger partial charge is 0.464 e. The van der Waals surface area contributed by atoms with Crippen molar-refractivity contribution in [2.75, 3.05) is 26.2 Å². The van der Waals surface area contributed by atoms with Crippen LogP contribution in [0.1, 0.15) is 46.5 Å². The smallest absolute Gasteiger partial charge is 0.320 e. The monoisotopic (exact) mass is 279 g/mol. The van der Waals surface area contributed by atoms with Gasteiger partial charge < -0.3 is 4.74 Å². The number of carbonyl (C=O) groups excluding carboxylic acids is 1. The third-order valence-corrected chi connectivity index (χ3v) is 4.84. The molecule has 3 heteroatoms. The first kappa shape index (κ1) is 15.6. The molecule has 0 N–H and O–H groups in total. The number of nitrogens with zero attached hydrogens (tertiary/aromatic N) is 1. The zero-order valence-electron chi connectivity index (χ0n) is 13.2. The van der Waals surface area contributed by atoms with E-state index in [9.17, 15) is 4.79 Å². The Kier molecular flexibility index (Phi) is 5.64. The van der Waals surface area contributed by atoms with Crippen LogP contribution >= 0.6 is 0 Å². The van der Waals surface area contributed by atoms with Crippen LogP contribution in [0.3, 0.4) is 0 Å². The normalized spacial score (nSPS) is 31.8. The Morgan fingerprint density at radius 1 is 1.30 bits per heavy atom. The van der Waals surface area contributed by atoms with E-state index in [1.165, 1.54) is 24.8 Å². The molecule has 0 aromatic heterocycles. The summed E-state index contributed by atoms with van der Waals surface area (Å²) in [6, 6.07) is 0. The van der Waals surface area contributed by atoms with Gasteiger partial charge in [0.2, 0.25) is 0 Å². The molecule has 3 atom stereocenters. The Morgan fingerprint density at radius 2 is 2.00 bits per heavy atom. The van der Waals surface area contributed by atoms with E-state index in [1.54, 1.807) is 0 Å². The summed E-state index contributed by atoms with van der Waals surface area (Å²) in [5.74, 6) is 1.56. The minimum Gasteiger partial charge on any atom is -0.464 e. The van der Waals surface area contributed by atoms with Gasteiger partial charge in [-0.1, -0.05) is 31.9 Å². The fraction of sp³-hybridized carbons (Fsp3) is 0.824. The average molecular weight is 279 g/mol. The predicted molar refractivity (Wildman–Crippen MR) is 81.4 cm³/mol. The number of allylic oxidation sites excluding steroid dienone is 2. The van der Waals surface area contributed by atoms with E-state index < -0.39 is 0 Å². The summed E-state index contributed by atoms with van der Waals surface area (Å²) in [7, 11) is 0. The SMILES string of the molecule is CC1=C[C@H](C)[C@@H](COC(=O)CN2CCCCC2)[C@H](C)C1. The lowest BCUT2D eigenvalue weighted by atomic mass is 9.75. The fourth-order valence-electron chi connectivity index (χ4n) is 3.67. The number of piperidine rings is 1. The summed E-state index contributed by atoms with van der Waals surface area (Å²) in [5.41, 5.74) is 1.47. The van der Waals surface area contributed by atoms with Crippen molar-refractivity contribution in [3.8, 4) is 0 Å². The summed E-state index contributed by atoms with van der Waals surface area (Å²) >= 11 is 0. The Labute approximate surface area is 123 Å². The van der Waals surface area contributed by atoms with E-state index in [-0.39, 0.29) is 5.97 Å². The van der Waals surface area contributed by atoms with Crippen molar-refractivity contribution in [2.45, 2.75) is 46.5 Å². The molecule has 1 saturated heterocycles. The molecular formula is C17H29NO2. The van der Waals surface area contributed by atoms with Crippen LogP contribution in [0.5, 0.6) is 0 Å². The van der Waals surface area contributed by atoms with Crippen molar-refractivity contribution in [3.63, 3.8) is 0 Å². The maximum atomic E-state index is 12.0. The molecule has 0 unspecified atom stereocenters. The van der Waals surface area contributed by atoms with Gasteiger partial charge in [0.1, 0.15) is 0 Å². The third kappa shape index (κ3) is 4.34. The molecule has 0 aromatic rings. The van der Waals surface area contributed by atoms with Crippen LogP contribution in [-0.4, -0.2) is 37.1 Å². The number of esters is 1. The van der Waals surface area contributed by atoms with Gasteiger partial charge >= 0.3 is 5.97 Å². The highest BCUT2D eigenvalue weighted by Gasteiger charge is 2.28. The molecule has 114 valence electrons. The van der Waals surface area contributed by atoms with Crippen molar-refractivity contribution in [1.82, 2.24) is 4.90 Å². The topological polar surface area (TPSA) is 29.5 Å². The number of likely N-dealkylation sites (tertiary alicyclic amines) is 1. The van der Waals surface area contributed by atoms with Crippen molar-refractivity contribution in [2.24, 2.45) is 17.8 Å². The molecule has 3 nitrogen and oxygen atoms in total. The molecule has 1 aliphatic carbocycles. The van der Waals surface area contributed by atoms with Gasteiger partial charge in [-0.2, -0.15) is 0 Å². The van der Waals surface area contributed by atoms with Crippen LogP contribution in [0.4, 0.5) is 0 Å². The van der Waals surface area contributed by atoms with Crippen LogP contribution in [-0.2, 0) is 9.53 Å². The minimum absolute atomic E-state index is 0.0439. The van der Waals surface area contributed by atoms with Gasteiger partial charge in [0.05, 0.1) is 13.2 Å². The number of ether oxygens (including phenoxy) is 1. The third-order valence-electron chi connectivity index (χ3n) is 4.84. The van der Waals surface area contributed by atoms with Gasteiger partial charge in [0, 0.05) is 5.92 Å². The summed E-state index contributed by atoms with van der Waals surface area (Å²) in [6.07, 6.45) is 7.21. The first-order valence-electron chi connectivity index (χ1n) is 8.11. The van der Waals surface area contributed by atoms with E-state index in [1.807, 2.05) is 0 Å². The molecule has 1 heterocycles. The Bertz CT molecular complexity index is 358. The van der Waals surface area contributed by atoms with Gasteiger partial charge in [-0.25, -0.2) is 0 Å². The van der Waals surface area contributed by atoms with Crippen LogP contribution in [0.25, 0.3) is 0 Å². The highest BCUT2D eigenvalue weighted by molar-refractivity contribution is 5.71. The van der Waals surface area contributed by atoms with Gasteiger partial charge in [-0.05, 0) is 51.1 Å². The van der Waals surface area contributed by atoms with Gasteiger partial charge in [0.15, 0.2) is 0 Å². The summed E-state index contributed by atoms with van der Waals surface area (Å²) < 4.78 is 5.55. The first-order valence-corrected chi connectivity index (χ1v) is 8.11. The molecule has 1 fully saturated rings. The lowest BCUT2D eigenvalue weighted by molar-refractivity contribution is -0.147. The van der Waals surface area contributed by atoms with Crippen LogP contribution in [0, 0.1) is 17.8 Å². The summed E-state index contributed by atoms with van der Waals surface area (Å²) in [6.45, 7) is 9.87. The number of hydrogen-bond acceptors (Lipinski definition) is 3. The second-order valence-corrected chi connectivity index (χ2v) is 6.74. The van der Waals surface area contributed by atoms with Crippen LogP contribution < -0.4 is 0 Å². The standard InChI is InChI=1S/C17H29NO2/c1-13-9-14(2)16(15(3)10-13)12-20-17(19)11-18-7-5-4-6-8-18/h9,14-16H,4-8,10-12H2,1-3H3/t14-,15+,16+/m0/s1. The zero-order valence-corrected chi connectivity index (χ0v) is 13.2. The molecule has 0 bridgehead atoms. The zero-order chi connectivity index (χ0) is 14.5. The summed E-state index contributed by atoms with van der Waals surface area (Å²) in [4.78, 5) is 14.2. The Morgan fingerprint density at radius 3 is 2.65 bits per heavy atom. The predicted octanol–water partition coefficient (Wildman–Crippen LogP) is 3.25. The first-order chi connectivity index (χ1) is 9.56. The van der Waals surface area contributed by atoms with Crippen molar-refractivity contribution < 1.29 is 9.53 Å². The van der Waals surface area contributed by atoms with Crippen LogP contribution in [0.2, 0.25) is 0 Å².